The number of aryl methyl sites for hydroxylation is 1. The Labute approximate surface area is 158 Å². The minimum atomic E-state index is 0.698. The van der Waals surface area contributed by atoms with Crippen molar-refractivity contribution in [2.24, 2.45) is 0 Å². The molecule has 1 N–H and O–H groups in total. The smallest absolute Gasteiger partial charge is 0.232 e. The van der Waals surface area contributed by atoms with Crippen LogP contribution >= 0.6 is 0 Å². The molecule has 2 aromatic carbocycles. The summed E-state index contributed by atoms with van der Waals surface area (Å²) in [6.45, 7) is 2.85. The highest BCUT2D eigenvalue weighted by atomic mass is 16.5. The van der Waals surface area contributed by atoms with Crippen molar-refractivity contribution < 1.29 is 9.47 Å². The molecular formula is C21H22N4O2. The molecule has 0 aliphatic carbocycles. The zero-order chi connectivity index (χ0) is 18.8. The molecule has 0 bridgehead atoms. The van der Waals surface area contributed by atoms with Gasteiger partial charge in [-0.2, -0.15) is 4.98 Å². The molecule has 1 aliphatic rings. The number of benzene rings is 2. The maximum atomic E-state index is 5.45. The zero-order valence-corrected chi connectivity index (χ0v) is 15.7. The van der Waals surface area contributed by atoms with Gasteiger partial charge in [0.1, 0.15) is 17.3 Å². The van der Waals surface area contributed by atoms with Crippen LogP contribution in [0.25, 0.3) is 0 Å². The Hall–Kier alpha value is -3.28. The Balaban J connectivity index is 1.68. The Bertz CT molecular complexity index is 974. The predicted molar refractivity (Wildman–Crippen MR) is 107 cm³/mol. The molecule has 0 unspecified atom stereocenters. The molecule has 0 saturated carbocycles. The average molecular weight is 362 g/mol. The summed E-state index contributed by atoms with van der Waals surface area (Å²) in [5.74, 6) is 2.88. The molecule has 0 radical (unpaired) electrons. The monoisotopic (exact) mass is 362 g/mol. The van der Waals surface area contributed by atoms with Gasteiger partial charge in [0.05, 0.1) is 19.9 Å². The van der Waals surface area contributed by atoms with E-state index in [0.29, 0.717) is 11.8 Å². The number of rotatable bonds is 5. The number of methoxy groups -OCH3 is 2. The lowest BCUT2D eigenvalue weighted by Crippen LogP contribution is -2.17. The summed E-state index contributed by atoms with van der Waals surface area (Å²) in [4.78, 5) is 11.6. The fourth-order valence-electron chi connectivity index (χ4n) is 3.33. The maximum Gasteiger partial charge on any atom is 0.232 e. The second-order valence-corrected chi connectivity index (χ2v) is 6.42. The number of anilines is 4. The third kappa shape index (κ3) is 3.38. The van der Waals surface area contributed by atoms with Gasteiger partial charge >= 0.3 is 0 Å². The number of hydrogen-bond donors (Lipinski definition) is 1. The highest BCUT2D eigenvalue weighted by molar-refractivity contribution is 5.69. The molecule has 0 amide bonds. The predicted octanol–water partition coefficient (Wildman–Crippen LogP) is 4.24. The van der Waals surface area contributed by atoms with Crippen molar-refractivity contribution >= 4 is 23.1 Å². The molecule has 2 heterocycles. The van der Waals surface area contributed by atoms with Crippen LogP contribution in [0.4, 0.5) is 23.1 Å². The van der Waals surface area contributed by atoms with Crippen LogP contribution in [0.2, 0.25) is 0 Å². The van der Waals surface area contributed by atoms with Crippen molar-refractivity contribution in [2.75, 3.05) is 31.0 Å². The molecule has 3 aromatic rings. The van der Waals surface area contributed by atoms with E-state index in [1.165, 1.54) is 11.3 Å². The van der Waals surface area contributed by atoms with Gasteiger partial charge in [-0.1, -0.05) is 18.2 Å². The summed E-state index contributed by atoms with van der Waals surface area (Å²) >= 11 is 0. The molecule has 0 atom stereocenters. The van der Waals surface area contributed by atoms with Crippen LogP contribution in [-0.2, 0) is 6.42 Å². The van der Waals surface area contributed by atoms with Gasteiger partial charge in [0, 0.05) is 30.1 Å². The largest absolute Gasteiger partial charge is 0.497 e. The standard InChI is InChI=1S/C21H22N4O2/c1-14-12-20(23-17-13-16(26-2)8-9-19(17)27-3)24-21(22-14)25-11-10-15-6-4-5-7-18(15)25/h4-9,12-13H,10-11H2,1-3H3,(H,22,23,24). The summed E-state index contributed by atoms with van der Waals surface area (Å²) in [5, 5.41) is 3.34. The van der Waals surface area contributed by atoms with E-state index in [0.717, 1.165) is 35.8 Å². The fourth-order valence-corrected chi connectivity index (χ4v) is 3.33. The molecule has 0 spiro atoms. The lowest BCUT2D eigenvalue weighted by molar-refractivity contribution is 0.405. The summed E-state index contributed by atoms with van der Waals surface area (Å²) in [7, 11) is 3.29. The highest BCUT2D eigenvalue weighted by Gasteiger charge is 2.22. The van der Waals surface area contributed by atoms with Gasteiger partial charge in [-0.15, -0.1) is 0 Å². The zero-order valence-electron chi connectivity index (χ0n) is 15.7. The first-order valence-corrected chi connectivity index (χ1v) is 8.88. The average Bonchev–Trinajstić information content (AvgIpc) is 3.11. The van der Waals surface area contributed by atoms with Gasteiger partial charge in [-0.3, -0.25) is 0 Å². The Morgan fingerprint density at radius 1 is 1.00 bits per heavy atom. The number of ether oxygens (including phenoxy) is 2. The van der Waals surface area contributed by atoms with Crippen LogP contribution in [-0.4, -0.2) is 30.7 Å². The van der Waals surface area contributed by atoms with Crippen molar-refractivity contribution in [2.45, 2.75) is 13.3 Å². The highest BCUT2D eigenvalue weighted by Crippen LogP contribution is 2.34. The first-order chi connectivity index (χ1) is 13.2. The van der Waals surface area contributed by atoms with Crippen LogP contribution in [0.1, 0.15) is 11.3 Å². The molecule has 1 aromatic heterocycles. The molecule has 27 heavy (non-hydrogen) atoms. The minimum Gasteiger partial charge on any atom is -0.497 e. The summed E-state index contributed by atoms with van der Waals surface area (Å²) in [5.41, 5.74) is 4.19. The number of nitrogens with zero attached hydrogens (tertiary/aromatic N) is 3. The van der Waals surface area contributed by atoms with Gasteiger partial charge in [-0.25, -0.2) is 4.98 Å². The molecular weight excluding hydrogens is 340 g/mol. The Kier molecular flexibility index (Phi) is 4.54. The molecule has 0 fully saturated rings. The number of nitrogens with one attached hydrogen (secondary N) is 1. The van der Waals surface area contributed by atoms with Crippen LogP contribution in [0.15, 0.2) is 48.5 Å². The molecule has 1 aliphatic heterocycles. The fraction of sp³-hybridized carbons (Fsp3) is 0.238. The maximum absolute atomic E-state index is 5.45. The second-order valence-electron chi connectivity index (χ2n) is 6.42. The lowest BCUT2D eigenvalue weighted by Gasteiger charge is -2.19. The van der Waals surface area contributed by atoms with E-state index >= 15 is 0 Å². The van der Waals surface area contributed by atoms with Crippen LogP contribution in [0.5, 0.6) is 11.5 Å². The minimum absolute atomic E-state index is 0.698. The first-order valence-electron chi connectivity index (χ1n) is 8.88. The van der Waals surface area contributed by atoms with Crippen molar-refractivity contribution in [3.8, 4) is 11.5 Å². The third-order valence-corrected chi connectivity index (χ3v) is 4.64. The number of fused-ring (bicyclic) bond motifs is 1. The quantitative estimate of drug-likeness (QED) is 0.733. The van der Waals surface area contributed by atoms with Crippen molar-refractivity contribution in [3.05, 3.63) is 59.8 Å². The number of aromatic nitrogens is 2. The van der Waals surface area contributed by atoms with E-state index in [1.807, 2.05) is 37.3 Å². The van der Waals surface area contributed by atoms with Crippen molar-refractivity contribution in [1.29, 1.82) is 0 Å². The van der Waals surface area contributed by atoms with E-state index in [9.17, 15) is 0 Å². The normalized spacial score (nSPS) is 12.6. The van der Waals surface area contributed by atoms with Crippen LogP contribution < -0.4 is 19.7 Å². The lowest BCUT2D eigenvalue weighted by atomic mass is 10.2. The summed E-state index contributed by atoms with van der Waals surface area (Å²) in [6.07, 6.45) is 1.000. The second kappa shape index (κ2) is 7.15. The van der Waals surface area contributed by atoms with E-state index < -0.39 is 0 Å². The Morgan fingerprint density at radius 3 is 2.67 bits per heavy atom. The molecule has 138 valence electrons. The van der Waals surface area contributed by atoms with E-state index in [4.69, 9.17) is 14.5 Å². The Morgan fingerprint density at radius 2 is 1.85 bits per heavy atom. The number of para-hydroxylation sites is 1. The van der Waals surface area contributed by atoms with Gasteiger partial charge in [-0.05, 0) is 37.1 Å². The number of hydrogen-bond acceptors (Lipinski definition) is 6. The van der Waals surface area contributed by atoms with E-state index in [-0.39, 0.29) is 0 Å². The molecule has 6 nitrogen and oxygen atoms in total. The first kappa shape index (κ1) is 17.1. The topological polar surface area (TPSA) is 59.5 Å². The van der Waals surface area contributed by atoms with Gasteiger partial charge < -0.3 is 19.7 Å². The molecule has 6 heteroatoms. The van der Waals surface area contributed by atoms with Crippen LogP contribution in [0.3, 0.4) is 0 Å². The third-order valence-electron chi connectivity index (χ3n) is 4.64. The van der Waals surface area contributed by atoms with Gasteiger partial charge in [0.2, 0.25) is 5.95 Å². The van der Waals surface area contributed by atoms with Gasteiger partial charge in [0.25, 0.3) is 0 Å². The van der Waals surface area contributed by atoms with Crippen molar-refractivity contribution in [3.63, 3.8) is 0 Å². The molecule has 0 saturated heterocycles. The molecule has 4 rings (SSSR count). The van der Waals surface area contributed by atoms with E-state index in [2.05, 4.69) is 33.4 Å². The van der Waals surface area contributed by atoms with Crippen molar-refractivity contribution in [1.82, 2.24) is 9.97 Å². The van der Waals surface area contributed by atoms with Gasteiger partial charge in [0.15, 0.2) is 0 Å². The SMILES string of the molecule is COc1ccc(OC)c(Nc2cc(C)nc(N3CCc4ccccc43)n2)c1. The van der Waals surface area contributed by atoms with Crippen LogP contribution in [0, 0.1) is 6.92 Å². The van der Waals surface area contributed by atoms with E-state index in [1.54, 1.807) is 14.2 Å². The summed E-state index contributed by atoms with van der Waals surface area (Å²) < 4.78 is 10.8. The summed E-state index contributed by atoms with van der Waals surface area (Å²) in [6, 6.07) is 15.9.